The molecule has 1 atom stereocenters. The van der Waals surface area contributed by atoms with Crippen molar-refractivity contribution in [2.75, 3.05) is 26.2 Å². The van der Waals surface area contributed by atoms with E-state index in [-0.39, 0.29) is 0 Å². The molecular formula is C11H19N3O2. The highest BCUT2D eigenvalue weighted by molar-refractivity contribution is 5.72. The quantitative estimate of drug-likeness (QED) is 0.752. The van der Waals surface area contributed by atoms with Crippen molar-refractivity contribution in [2.24, 2.45) is 0 Å². The Kier molecular flexibility index (Phi) is 3.89. The molecule has 1 fully saturated rings. The van der Waals surface area contributed by atoms with E-state index in [1.807, 2.05) is 18.7 Å². The normalized spacial score (nSPS) is 21.4. The first-order chi connectivity index (χ1) is 7.38. The van der Waals surface area contributed by atoms with E-state index < -0.39 is 17.6 Å². The maximum Gasteiger partial charge on any atom is 0.320 e. The van der Waals surface area contributed by atoms with Gasteiger partial charge in [-0.25, -0.2) is 0 Å². The summed E-state index contributed by atoms with van der Waals surface area (Å²) in [6.45, 7) is 8.40. The summed E-state index contributed by atoms with van der Waals surface area (Å²) in [6.07, 6.45) is 0. The number of carboxylic acid groups (broad SMARTS) is 1. The molecule has 5 nitrogen and oxygen atoms in total. The smallest absolute Gasteiger partial charge is 0.320 e. The third-order valence-electron chi connectivity index (χ3n) is 3.28. The van der Waals surface area contributed by atoms with Crippen LogP contribution in [0.2, 0.25) is 0 Å². The van der Waals surface area contributed by atoms with Crippen molar-refractivity contribution in [3.05, 3.63) is 0 Å². The van der Waals surface area contributed by atoms with Crippen molar-refractivity contribution in [3.8, 4) is 6.07 Å². The van der Waals surface area contributed by atoms with E-state index in [9.17, 15) is 4.79 Å². The molecule has 1 unspecified atom stereocenters. The number of carbonyl (C=O) groups is 1. The Bertz CT molecular complexity index is 301. The molecule has 0 aromatic rings. The van der Waals surface area contributed by atoms with E-state index in [4.69, 9.17) is 10.4 Å². The van der Waals surface area contributed by atoms with Gasteiger partial charge in [0.25, 0.3) is 0 Å². The van der Waals surface area contributed by atoms with Crippen LogP contribution in [0.15, 0.2) is 0 Å². The van der Waals surface area contributed by atoms with Crippen LogP contribution in [-0.2, 0) is 4.79 Å². The molecule has 1 rings (SSSR count). The van der Waals surface area contributed by atoms with E-state index in [2.05, 4.69) is 11.0 Å². The Morgan fingerprint density at radius 2 is 1.88 bits per heavy atom. The fourth-order valence-corrected chi connectivity index (χ4v) is 1.90. The Balaban J connectivity index is 2.53. The molecule has 0 bridgehead atoms. The summed E-state index contributed by atoms with van der Waals surface area (Å²) in [4.78, 5) is 14.9. The zero-order valence-electron chi connectivity index (χ0n) is 10.1. The minimum absolute atomic E-state index is 0.438. The van der Waals surface area contributed by atoms with Gasteiger partial charge in [-0.05, 0) is 20.8 Å². The maximum absolute atomic E-state index is 10.8. The number of aliphatic carboxylic acids is 1. The van der Waals surface area contributed by atoms with E-state index in [1.54, 1.807) is 6.92 Å². The van der Waals surface area contributed by atoms with Crippen LogP contribution >= 0.6 is 0 Å². The SMILES string of the molecule is CC(C(=O)O)N1CCN(C(C)(C)C#N)CC1. The van der Waals surface area contributed by atoms with E-state index in [0.29, 0.717) is 13.1 Å². The van der Waals surface area contributed by atoms with Gasteiger partial charge in [0.2, 0.25) is 0 Å². The summed E-state index contributed by atoms with van der Waals surface area (Å²) in [5, 5.41) is 17.9. The molecule has 0 aromatic heterocycles. The second-order valence-electron chi connectivity index (χ2n) is 4.71. The second kappa shape index (κ2) is 4.81. The van der Waals surface area contributed by atoms with Crippen molar-refractivity contribution in [1.29, 1.82) is 5.26 Å². The lowest BCUT2D eigenvalue weighted by Gasteiger charge is -2.41. The minimum atomic E-state index is -0.784. The summed E-state index contributed by atoms with van der Waals surface area (Å²) < 4.78 is 0. The summed E-state index contributed by atoms with van der Waals surface area (Å²) in [7, 11) is 0. The van der Waals surface area contributed by atoms with Gasteiger partial charge in [-0.2, -0.15) is 5.26 Å². The maximum atomic E-state index is 10.8. The average molecular weight is 225 g/mol. The highest BCUT2D eigenvalue weighted by atomic mass is 16.4. The number of hydrogen-bond acceptors (Lipinski definition) is 4. The van der Waals surface area contributed by atoms with Crippen molar-refractivity contribution < 1.29 is 9.90 Å². The van der Waals surface area contributed by atoms with Gasteiger partial charge in [0.15, 0.2) is 0 Å². The summed E-state index contributed by atoms with van der Waals surface area (Å²) in [6, 6.07) is 1.83. The van der Waals surface area contributed by atoms with Gasteiger partial charge >= 0.3 is 5.97 Å². The van der Waals surface area contributed by atoms with Crippen molar-refractivity contribution in [1.82, 2.24) is 9.80 Å². The van der Waals surface area contributed by atoms with Gasteiger partial charge in [0, 0.05) is 26.2 Å². The molecule has 1 aliphatic rings. The molecule has 90 valence electrons. The summed E-state index contributed by atoms with van der Waals surface area (Å²) in [5.74, 6) is -0.784. The van der Waals surface area contributed by atoms with Crippen LogP contribution in [0.1, 0.15) is 20.8 Å². The van der Waals surface area contributed by atoms with Crippen LogP contribution in [0, 0.1) is 11.3 Å². The number of rotatable bonds is 3. The molecule has 5 heteroatoms. The molecule has 0 radical (unpaired) electrons. The lowest BCUT2D eigenvalue weighted by atomic mass is 10.0. The largest absolute Gasteiger partial charge is 0.480 e. The first-order valence-corrected chi connectivity index (χ1v) is 5.51. The Morgan fingerprint density at radius 1 is 1.38 bits per heavy atom. The first kappa shape index (κ1) is 12.9. The zero-order chi connectivity index (χ0) is 12.3. The van der Waals surface area contributed by atoms with Crippen molar-refractivity contribution in [3.63, 3.8) is 0 Å². The van der Waals surface area contributed by atoms with Crippen LogP contribution in [0.4, 0.5) is 0 Å². The number of nitriles is 1. The molecule has 1 heterocycles. The fourth-order valence-electron chi connectivity index (χ4n) is 1.90. The summed E-state index contributed by atoms with van der Waals surface area (Å²) in [5.41, 5.74) is -0.460. The van der Waals surface area contributed by atoms with E-state index >= 15 is 0 Å². The standard InChI is InChI=1S/C11H19N3O2/c1-9(10(15)16)13-4-6-14(7-5-13)11(2,3)8-12/h9H,4-7H2,1-3H3,(H,15,16). The third-order valence-corrected chi connectivity index (χ3v) is 3.28. The second-order valence-corrected chi connectivity index (χ2v) is 4.71. The van der Waals surface area contributed by atoms with Crippen LogP contribution in [0.5, 0.6) is 0 Å². The average Bonchev–Trinajstić information content (AvgIpc) is 2.28. The molecule has 0 amide bonds. The third kappa shape index (κ3) is 2.71. The molecule has 0 saturated carbocycles. The van der Waals surface area contributed by atoms with Gasteiger partial charge in [0.05, 0.1) is 6.07 Å². The fraction of sp³-hybridized carbons (Fsp3) is 0.818. The first-order valence-electron chi connectivity index (χ1n) is 5.51. The lowest BCUT2D eigenvalue weighted by Crippen LogP contribution is -2.56. The van der Waals surface area contributed by atoms with E-state index in [0.717, 1.165) is 13.1 Å². The Morgan fingerprint density at radius 3 is 2.25 bits per heavy atom. The highest BCUT2D eigenvalue weighted by Crippen LogP contribution is 2.16. The van der Waals surface area contributed by atoms with E-state index in [1.165, 1.54) is 0 Å². The van der Waals surface area contributed by atoms with Crippen molar-refractivity contribution in [2.45, 2.75) is 32.4 Å². The molecule has 1 aliphatic heterocycles. The van der Waals surface area contributed by atoms with Gasteiger partial charge in [-0.15, -0.1) is 0 Å². The molecule has 1 N–H and O–H groups in total. The van der Waals surface area contributed by atoms with Gasteiger partial charge in [0.1, 0.15) is 11.6 Å². The van der Waals surface area contributed by atoms with Crippen LogP contribution in [0.25, 0.3) is 0 Å². The summed E-state index contributed by atoms with van der Waals surface area (Å²) >= 11 is 0. The number of carboxylic acids is 1. The van der Waals surface area contributed by atoms with Gasteiger partial charge in [-0.1, -0.05) is 0 Å². The number of hydrogen-bond donors (Lipinski definition) is 1. The monoisotopic (exact) mass is 225 g/mol. The minimum Gasteiger partial charge on any atom is -0.480 e. The van der Waals surface area contributed by atoms with Gasteiger partial charge in [-0.3, -0.25) is 14.6 Å². The molecule has 0 aromatic carbocycles. The predicted octanol–water partition coefficient (Wildman–Crippen LogP) is 0.379. The molecule has 0 spiro atoms. The Hall–Kier alpha value is -1.12. The topological polar surface area (TPSA) is 67.6 Å². The van der Waals surface area contributed by atoms with Crippen LogP contribution in [-0.4, -0.2) is 58.6 Å². The van der Waals surface area contributed by atoms with Crippen molar-refractivity contribution >= 4 is 5.97 Å². The number of piperazine rings is 1. The molecular weight excluding hydrogens is 206 g/mol. The molecule has 0 aliphatic carbocycles. The highest BCUT2D eigenvalue weighted by Gasteiger charge is 2.32. The van der Waals surface area contributed by atoms with Crippen LogP contribution in [0.3, 0.4) is 0 Å². The van der Waals surface area contributed by atoms with Crippen LogP contribution < -0.4 is 0 Å². The van der Waals surface area contributed by atoms with Gasteiger partial charge < -0.3 is 5.11 Å². The molecule has 1 saturated heterocycles. The molecule has 16 heavy (non-hydrogen) atoms. The predicted molar refractivity (Wildman–Crippen MR) is 59.9 cm³/mol. The lowest BCUT2D eigenvalue weighted by molar-refractivity contribution is -0.143. The zero-order valence-corrected chi connectivity index (χ0v) is 10.1. The Labute approximate surface area is 96.3 Å². The number of nitrogens with zero attached hydrogens (tertiary/aromatic N) is 3.